The Balaban J connectivity index is 1.50. The van der Waals surface area contributed by atoms with E-state index in [1.807, 2.05) is 0 Å². The normalized spacial score (nSPS) is 26.9. The molecular formula is C28H46N4O. The molecule has 33 heavy (non-hydrogen) atoms. The van der Waals surface area contributed by atoms with Gasteiger partial charge in [0, 0.05) is 47.1 Å². The van der Waals surface area contributed by atoms with E-state index in [0.29, 0.717) is 29.7 Å². The fraction of sp³-hybridized carbons (Fsp3) is 0.821. The van der Waals surface area contributed by atoms with Gasteiger partial charge in [0.1, 0.15) is 11.6 Å². The molecular weight excluding hydrogens is 408 g/mol. The molecule has 5 nitrogen and oxygen atoms in total. The number of nitrogens with one attached hydrogen (secondary N) is 1. The van der Waals surface area contributed by atoms with E-state index in [2.05, 4.69) is 58.7 Å². The van der Waals surface area contributed by atoms with Crippen molar-refractivity contribution in [3.05, 3.63) is 17.1 Å². The third-order valence-electron chi connectivity index (χ3n) is 8.94. The number of aromatic nitrogens is 2. The molecule has 1 saturated heterocycles. The molecule has 0 aromatic carbocycles. The van der Waals surface area contributed by atoms with Crippen LogP contribution < -0.4 is 5.32 Å². The Morgan fingerprint density at radius 1 is 0.909 bits per heavy atom. The van der Waals surface area contributed by atoms with E-state index in [9.17, 15) is 4.79 Å². The first-order valence-electron chi connectivity index (χ1n) is 13.4. The third kappa shape index (κ3) is 4.93. The van der Waals surface area contributed by atoms with Crippen molar-refractivity contribution >= 4 is 11.7 Å². The van der Waals surface area contributed by atoms with Crippen molar-refractivity contribution < 1.29 is 4.79 Å². The van der Waals surface area contributed by atoms with Crippen molar-refractivity contribution in [3.63, 3.8) is 0 Å². The Labute approximate surface area is 201 Å². The SMILES string of the molecule is Cc1nc(C(C)(C)C)nc(NC2CCCC3CN(C(=O)C(C)(C)C4CCCCC4)CC32)c1C. The van der Waals surface area contributed by atoms with Gasteiger partial charge >= 0.3 is 0 Å². The van der Waals surface area contributed by atoms with Crippen LogP contribution in [0, 0.1) is 37.0 Å². The summed E-state index contributed by atoms with van der Waals surface area (Å²) in [6, 6.07) is 0.375. The Bertz CT molecular complexity index is 865. The van der Waals surface area contributed by atoms with Crippen LogP contribution in [0.25, 0.3) is 0 Å². The molecule has 0 spiro atoms. The maximum Gasteiger partial charge on any atom is 0.228 e. The molecule has 4 rings (SSSR count). The number of carbonyl (C=O) groups excluding carboxylic acids is 1. The second-order valence-electron chi connectivity index (χ2n) is 12.7. The predicted molar refractivity (Wildman–Crippen MR) is 135 cm³/mol. The number of anilines is 1. The first kappa shape index (κ1) is 24.5. The Kier molecular flexibility index (Phi) is 6.81. The highest BCUT2D eigenvalue weighted by Crippen LogP contribution is 2.43. The molecule has 1 N–H and O–H groups in total. The smallest absolute Gasteiger partial charge is 0.228 e. The number of nitrogens with zero attached hydrogens (tertiary/aromatic N) is 3. The lowest BCUT2D eigenvalue weighted by Gasteiger charge is -2.38. The molecule has 0 radical (unpaired) electrons. The van der Waals surface area contributed by atoms with E-state index in [-0.39, 0.29) is 10.8 Å². The molecule has 5 heteroatoms. The minimum absolute atomic E-state index is 0.0781. The lowest BCUT2D eigenvalue weighted by molar-refractivity contribution is -0.143. The van der Waals surface area contributed by atoms with Gasteiger partial charge in [-0.15, -0.1) is 0 Å². The van der Waals surface area contributed by atoms with Crippen LogP contribution in [-0.4, -0.2) is 39.9 Å². The van der Waals surface area contributed by atoms with Gasteiger partial charge in [0.2, 0.25) is 5.91 Å². The summed E-state index contributed by atoms with van der Waals surface area (Å²) in [5, 5.41) is 3.85. The molecule has 3 atom stereocenters. The monoisotopic (exact) mass is 454 g/mol. The van der Waals surface area contributed by atoms with E-state index in [1.54, 1.807) is 0 Å². The molecule has 3 fully saturated rings. The minimum atomic E-state index is -0.237. The Hall–Kier alpha value is -1.65. The number of rotatable bonds is 4. The average molecular weight is 455 g/mol. The van der Waals surface area contributed by atoms with Crippen molar-refractivity contribution in [2.24, 2.45) is 23.2 Å². The maximum atomic E-state index is 13.7. The van der Waals surface area contributed by atoms with Crippen LogP contribution in [0.2, 0.25) is 0 Å². The van der Waals surface area contributed by atoms with Crippen LogP contribution >= 0.6 is 0 Å². The molecule has 1 aliphatic heterocycles. The van der Waals surface area contributed by atoms with Crippen LogP contribution in [0.15, 0.2) is 0 Å². The molecule has 1 aromatic heterocycles. The molecule has 2 saturated carbocycles. The number of carbonyl (C=O) groups is 1. The highest BCUT2D eigenvalue weighted by molar-refractivity contribution is 5.82. The zero-order valence-corrected chi connectivity index (χ0v) is 22.1. The van der Waals surface area contributed by atoms with Crippen molar-refractivity contribution in [3.8, 4) is 0 Å². The highest BCUT2D eigenvalue weighted by Gasteiger charge is 2.47. The fourth-order valence-corrected chi connectivity index (χ4v) is 6.50. The van der Waals surface area contributed by atoms with Crippen LogP contribution in [0.3, 0.4) is 0 Å². The molecule has 3 aliphatic rings. The van der Waals surface area contributed by atoms with Crippen molar-refractivity contribution in [1.82, 2.24) is 14.9 Å². The number of fused-ring (bicyclic) bond motifs is 1. The predicted octanol–water partition coefficient (Wildman–Crippen LogP) is 6.04. The number of amides is 1. The quantitative estimate of drug-likeness (QED) is 0.603. The van der Waals surface area contributed by atoms with Crippen LogP contribution in [0.1, 0.15) is 103 Å². The van der Waals surface area contributed by atoms with Crippen LogP contribution in [-0.2, 0) is 10.2 Å². The molecule has 184 valence electrons. The number of hydrogen-bond acceptors (Lipinski definition) is 4. The van der Waals surface area contributed by atoms with E-state index in [0.717, 1.165) is 42.4 Å². The topological polar surface area (TPSA) is 58.1 Å². The zero-order chi connectivity index (χ0) is 24.0. The zero-order valence-electron chi connectivity index (χ0n) is 22.1. The first-order valence-corrected chi connectivity index (χ1v) is 13.4. The second-order valence-corrected chi connectivity index (χ2v) is 12.7. The average Bonchev–Trinajstić information content (AvgIpc) is 3.21. The third-order valence-corrected chi connectivity index (χ3v) is 8.94. The van der Waals surface area contributed by atoms with Crippen LogP contribution in [0.5, 0.6) is 0 Å². The van der Waals surface area contributed by atoms with Gasteiger partial charge in [-0.05, 0) is 51.4 Å². The molecule has 0 bridgehead atoms. The van der Waals surface area contributed by atoms with Gasteiger partial charge in [-0.25, -0.2) is 9.97 Å². The molecule has 1 aromatic rings. The molecule has 1 amide bonds. The van der Waals surface area contributed by atoms with Crippen molar-refractivity contribution in [2.45, 2.75) is 111 Å². The Morgan fingerprint density at radius 3 is 2.27 bits per heavy atom. The summed E-state index contributed by atoms with van der Waals surface area (Å²) in [7, 11) is 0. The van der Waals surface area contributed by atoms with E-state index in [4.69, 9.17) is 9.97 Å². The summed E-state index contributed by atoms with van der Waals surface area (Å²) >= 11 is 0. The van der Waals surface area contributed by atoms with Crippen LogP contribution in [0.4, 0.5) is 5.82 Å². The summed E-state index contributed by atoms with van der Waals surface area (Å²) in [6.07, 6.45) is 9.95. The lowest BCUT2D eigenvalue weighted by atomic mass is 9.70. The Morgan fingerprint density at radius 2 is 1.61 bits per heavy atom. The molecule has 2 aliphatic carbocycles. The van der Waals surface area contributed by atoms with Gasteiger partial charge in [0.05, 0.1) is 0 Å². The molecule has 2 heterocycles. The van der Waals surface area contributed by atoms with E-state index < -0.39 is 0 Å². The standard InChI is InChI=1S/C28H46N4O/c1-18-19(2)29-25(27(3,4)5)31-24(18)30-23-15-11-12-20-16-32(17-22(20)23)26(33)28(6,7)21-13-9-8-10-14-21/h20-23H,8-17H2,1-7H3,(H,29,30,31). The van der Waals surface area contributed by atoms with E-state index in [1.165, 1.54) is 44.9 Å². The number of aryl methyl sites for hydroxylation is 1. The summed E-state index contributed by atoms with van der Waals surface area (Å²) in [5.41, 5.74) is 1.89. The van der Waals surface area contributed by atoms with Gasteiger partial charge in [0.15, 0.2) is 0 Å². The fourth-order valence-electron chi connectivity index (χ4n) is 6.50. The summed E-state index contributed by atoms with van der Waals surface area (Å²) in [4.78, 5) is 25.7. The van der Waals surface area contributed by atoms with Gasteiger partial charge in [-0.1, -0.05) is 60.3 Å². The van der Waals surface area contributed by atoms with Gasteiger partial charge in [0.25, 0.3) is 0 Å². The van der Waals surface area contributed by atoms with Crippen molar-refractivity contribution in [1.29, 1.82) is 0 Å². The van der Waals surface area contributed by atoms with E-state index >= 15 is 0 Å². The largest absolute Gasteiger partial charge is 0.367 e. The minimum Gasteiger partial charge on any atom is -0.367 e. The first-order chi connectivity index (χ1) is 15.5. The van der Waals surface area contributed by atoms with Crippen molar-refractivity contribution in [2.75, 3.05) is 18.4 Å². The highest BCUT2D eigenvalue weighted by atomic mass is 16.2. The van der Waals surface area contributed by atoms with Gasteiger partial charge < -0.3 is 10.2 Å². The number of likely N-dealkylation sites (tertiary alicyclic amines) is 1. The number of hydrogen-bond donors (Lipinski definition) is 1. The maximum absolute atomic E-state index is 13.7. The van der Waals surface area contributed by atoms with Gasteiger partial charge in [-0.2, -0.15) is 0 Å². The summed E-state index contributed by atoms with van der Waals surface area (Å²) < 4.78 is 0. The second kappa shape index (κ2) is 9.19. The lowest BCUT2D eigenvalue weighted by Crippen LogP contribution is -2.45. The summed E-state index contributed by atoms with van der Waals surface area (Å²) in [6.45, 7) is 17.0. The molecule has 3 unspecified atom stereocenters. The summed E-state index contributed by atoms with van der Waals surface area (Å²) in [5.74, 6) is 3.94. The van der Waals surface area contributed by atoms with Gasteiger partial charge in [-0.3, -0.25) is 4.79 Å².